The van der Waals surface area contributed by atoms with Gasteiger partial charge in [0.15, 0.2) is 0 Å². The number of aromatic nitrogens is 1. The van der Waals surface area contributed by atoms with Crippen molar-refractivity contribution in [1.29, 1.82) is 0 Å². The van der Waals surface area contributed by atoms with Crippen molar-refractivity contribution >= 4 is 27.5 Å². The molecule has 2 nitrogen and oxygen atoms in total. The summed E-state index contributed by atoms with van der Waals surface area (Å²) in [6.45, 7) is 4.30. The number of benzene rings is 3. The smallest absolute Gasteiger partial charge is 0.0695 e. The molecule has 1 aliphatic heterocycles. The number of fused-ring (bicyclic) bond motifs is 5. The Kier molecular flexibility index (Phi) is 5.03. The highest BCUT2D eigenvalue weighted by Crippen LogP contribution is 2.60. The Balaban J connectivity index is 1.78. The number of hydrogen-bond acceptors (Lipinski definition) is 1. The zero-order valence-corrected chi connectivity index (χ0v) is 19.8. The van der Waals surface area contributed by atoms with E-state index in [-0.39, 0.29) is 11.5 Å². The third kappa shape index (κ3) is 2.88. The normalized spacial score (nSPS) is 22.4. The lowest BCUT2D eigenvalue weighted by molar-refractivity contribution is 0.521. The van der Waals surface area contributed by atoms with Crippen molar-refractivity contribution in [3.05, 3.63) is 125 Å². The molecule has 0 saturated heterocycles. The Bertz CT molecular complexity index is 1500. The van der Waals surface area contributed by atoms with Gasteiger partial charge in [-0.05, 0) is 50.0 Å². The molecule has 2 unspecified atom stereocenters. The third-order valence-corrected chi connectivity index (χ3v) is 7.58. The summed E-state index contributed by atoms with van der Waals surface area (Å²) in [7, 11) is 0. The molecule has 3 aromatic carbocycles. The van der Waals surface area contributed by atoms with Gasteiger partial charge < -0.3 is 10.3 Å². The zero-order valence-electron chi connectivity index (χ0n) is 19.8. The average molecular weight is 443 g/mol. The van der Waals surface area contributed by atoms with Crippen LogP contribution in [0.1, 0.15) is 43.9 Å². The molecule has 2 heterocycles. The Morgan fingerprint density at radius 3 is 2.53 bits per heavy atom. The molecule has 0 amide bonds. The summed E-state index contributed by atoms with van der Waals surface area (Å²) >= 11 is 0. The van der Waals surface area contributed by atoms with Crippen LogP contribution in [0.5, 0.6) is 0 Å². The summed E-state index contributed by atoms with van der Waals surface area (Å²) in [5.74, 6) is 0. The van der Waals surface area contributed by atoms with Crippen molar-refractivity contribution in [2.24, 2.45) is 0 Å². The molecule has 2 aliphatic rings. The number of aromatic amines is 1. The predicted octanol–water partition coefficient (Wildman–Crippen LogP) is 8.52. The first kappa shape index (κ1) is 20.8. The van der Waals surface area contributed by atoms with Crippen LogP contribution < -0.4 is 5.32 Å². The first-order chi connectivity index (χ1) is 16.8. The molecule has 0 saturated carbocycles. The van der Waals surface area contributed by atoms with Gasteiger partial charge >= 0.3 is 0 Å². The molecule has 1 aromatic heterocycles. The van der Waals surface area contributed by atoms with Crippen LogP contribution in [0, 0.1) is 0 Å². The van der Waals surface area contributed by atoms with Crippen molar-refractivity contribution in [2.45, 2.75) is 38.1 Å². The van der Waals surface area contributed by atoms with Gasteiger partial charge in [-0.15, -0.1) is 0 Å². The molecule has 4 aromatic rings. The minimum Gasteiger partial charge on any atom is -0.376 e. The Hall–Kier alpha value is -3.78. The Morgan fingerprint density at radius 1 is 0.941 bits per heavy atom. The highest BCUT2D eigenvalue weighted by atomic mass is 15.0. The van der Waals surface area contributed by atoms with Crippen LogP contribution in [0.25, 0.3) is 21.8 Å². The summed E-state index contributed by atoms with van der Waals surface area (Å²) in [5.41, 5.74) is 8.80. The molecule has 0 fully saturated rings. The van der Waals surface area contributed by atoms with Crippen LogP contribution in [0.3, 0.4) is 0 Å². The quantitative estimate of drug-likeness (QED) is 0.305. The highest BCUT2D eigenvalue weighted by molar-refractivity contribution is 6.10. The molecular weight excluding hydrogens is 412 g/mol. The van der Waals surface area contributed by atoms with Crippen molar-refractivity contribution in [1.82, 2.24) is 4.98 Å². The fraction of sp³-hybridized carbons (Fsp3) is 0.188. The SMILES string of the molecule is C/C=C\C(=C/C)C1(C2=CC=CCC2)c2c(ccc3c2[nH]c2ccccc23)NC1c1ccccc1. The summed E-state index contributed by atoms with van der Waals surface area (Å²) < 4.78 is 0. The summed E-state index contributed by atoms with van der Waals surface area (Å²) in [5, 5.41) is 6.56. The fourth-order valence-corrected chi connectivity index (χ4v) is 6.24. The lowest BCUT2D eigenvalue weighted by atomic mass is 9.62. The first-order valence-corrected chi connectivity index (χ1v) is 12.3. The summed E-state index contributed by atoms with van der Waals surface area (Å²) in [4.78, 5) is 3.83. The molecule has 1 aliphatic carbocycles. The predicted molar refractivity (Wildman–Crippen MR) is 145 cm³/mol. The van der Waals surface area contributed by atoms with E-state index < -0.39 is 0 Å². The molecule has 0 radical (unpaired) electrons. The molecule has 168 valence electrons. The van der Waals surface area contributed by atoms with E-state index >= 15 is 0 Å². The van der Waals surface area contributed by atoms with Gasteiger partial charge in [0.05, 0.1) is 17.0 Å². The minimum atomic E-state index is -0.316. The van der Waals surface area contributed by atoms with Gasteiger partial charge in [0, 0.05) is 27.5 Å². The van der Waals surface area contributed by atoms with Crippen LogP contribution in [-0.2, 0) is 5.41 Å². The van der Waals surface area contributed by atoms with Crippen LogP contribution in [0.15, 0.2) is 114 Å². The maximum absolute atomic E-state index is 3.99. The zero-order chi connectivity index (χ0) is 23.1. The van der Waals surface area contributed by atoms with E-state index in [2.05, 4.69) is 127 Å². The fourth-order valence-electron chi connectivity index (χ4n) is 6.24. The largest absolute Gasteiger partial charge is 0.376 e. The van der Waals surface area contributed by atoms with Crippen LogP contribution in [0.2, 0.25) is 0 Å². The van der Waals surface area contributed by atoms with Crippen molar-refractivity contribution in [3.8, 4) is 0 Å². The maximum Gasteiger partial charge on any atom is 0.0695 e. The van der Waals surface area contributed by atoms with E-state index in [1.165, 1.54) is 49.8 Å². The third-order valence-electron chi connectivity index (χ3n) is 7.58. The van der Waals surface area contributed by atoms with E-state index in [0.717, 1.165) is 12.8 Å². The highest BCUT2D eigenvalue weighted by Gasteiger charge is 2.52. The van der Waals surface area contributed by atoms with E-state index in [1.807, 2.05) is 0 Å². The Labute approximate surface area is 201 Å². The van der Waals surface area contributed by atoms with Gasteiger partial charge in [-0.1, -0.05) is 96.6 Å². The number of allylic oxidation sites excluding steroid dienone is 6. The van der Waals surface area contributed by atoms with Crippen LogP contribution in [-0.4, -0.2) is 4.98 Å². The summed E-state index contributed by atoms with van der Waals surface area (Å²) in [6.07, 6.45) is 15.8. The molecule has 2 N–H and O–H groups in total. The number of para-hydroxylation sites is 1. The minimum absolute atomic E-state index is 0.0980. The van der Waals surface area contributed by atoms with Crippen molar-refractivity contribution in [2.75, 3.05) is 5.32 Å². The lowest BCUT2D eigenvalue weighted by Crippen LogP contribution is -2.37. The second-order valence-electron chi connectivity index (χ2n) is 9.28. The Morgan fingerprint density at radius 2 is 1.76 bits per heavy atom. The van der Waals surface area contributed by atoms with Crippen LogP contribution >= 0.6 is 0 Å². The van der Waals surface area contributed by atoms with Gasteiger partial charge in [-0.25, -0.2) is 0 Å². The maximum atomic E-state index is 3.99. The number of rotatable bonds is 4. The molecule has 6 rings (SSSR count). The molecular formula is C32H30N2. The van der Waals surface area contributed by atoms with E-state index in [9.17, 15) is 0 Å². The molecule has 2 heteroatoms. The first-order valence-electron chi connectivity index (χ1n) is 12.3. The van der Waals surface area contributed by atoms with E-state index in [0.29, 0.717) is 0 Å². The van der Waals surface area contributed by atoms with Crippen molar-refractivity contribution in [3.63, 3.8) is 0 Å². The van der Waals surface area contributed by atoms with E-state index in [4.69, 9.17) is 0 Å². The van der Waals surface area contributed by atoms with Gasteiger partial charge in [-0.2, -0.15) is 0 Å². The van der Waals surface area contributed by atoms with Gasteiger partial charge in [0.25, 0.3) is 0 Å². The lowest BCUT2D eigenvalue weighted by Gasteiger charge is -2.41. The monoisotopic (exact) mass is 442 g/mol. The number of H-pyrrole nitrogens is 1. The van der Waals surface area contributed by atoms with Crippen LogP contribution in [0.4, 0.5) is 5.69 Å². The summed E-state index contributed by atoms with van der Waals surface area (Å²) in [6, 6.07) is 24.3. The number of anilines is 1. The average Bonchev–Trinajstić information content (AvgIpc) is 3.45. The topological polar surface area (TPSA) is 27.8 Å². The van der Waals surface area contributed by atoms with Gasteiger partial charge in [-0.3, -0.25) is 0 Å². The number of hydrogen-bond donors (Lipinski definition) is 2. The van der Waals surface area contributed by atoms with Gasteiger partial charge in [0.2, 0.25) is 0 Å². The molecule has 34 heavy (non-hydrogen) atoms. The molecule has 0 bridgehead atoms. The van der Waals surface area contributed by atoms with Crippen molar-refractivity contribution < 1.29 is 0 Å². The molecule has 0 spiro atoms. The second kappa shape index (κ2) is 8.22. The molecule has 2 atom stereocenters. The second-order valence-corrected chi connectivity index (χ2v) is 9.28. The van der Waals surface area contributed by atoms with Gasteiger partial charge in [0.1, 0.15) is 0 Å². The number of nitrogens with one attached hydrogen (secondary N) is 2. The van der Waals surface area contributed by atoms with E-state index in [1.54, 1.807) is 0 Å². The standard InChI is InChI=1S/C32H30N2/c1-3-13-23(4-2)32(24-16-9-6-10-17-24)29-28(34-31(32)22-14-7-5-8-15-22)21-20-26-25-18-11-12-19-27(25)33-30(26)29/h3-9,11-16,18-21,31,33-34H,10,17H2,1-2H3/b13-3-,23-4+.